The van der Waals surface area contributed by atoms with Crippen molar-refractivity contribution in [3.05, 3.63) is 82.1 Å². The lowest BCUT2D eigenvalue weighted by Crippen LogP contribution is -2.45. The lowest BCUT2D eigenvalue weighted by atomic mass is 9.73. The van der Waals surface area contributed by atoms with Gasteiger partial charge < -0.3 is 10.1 Å². The minimum atomic E-state index is -0.752. The molecule has 0 radical (unpaired) electrons. The first-order valence-corrected chi connectivity index (χ1v) is 10.2. The van der Waals surface area contributed by atoms with E-state index >= 15 is 0 Å². The van der Waals surface area contributed by atoms with E-state index in [-0.39, 0.29) is 5.91 Å². The first-order chi connectivity index (χ1) is 14.1. The van der Waals surface area contributed by atoms with Crippen molar-refractivity contribution in [2.45, 2.75) is 24.8 Å². The molecule has 0 spiro atoms. The quantitative estimate of drug-likeness (QED) is 0.625. The van der Waals surface area contributed by atoms with Crippen LogP contribution in [0.15, 0.2) is 60.9 Å². The molecule has 29 heavy (non-hydrogen) atoms. The molecular formula is C22H21Cl2N3O2. The Hall–Kier alpha value is -2.34. The van der Waals surface area contributed by atoms with Crippen LogP contribution in [0, 0.1) is 0 Å². The molecule has 2 aromatic carbocycles. The Morgan fingerprint density at radius 1 is 1.14 bits per heavy atom. The SMILES string of the molecule is O=C(Nc1cccc(Cn2cccn2)c1)C1(c2ccc(Cl)cc2Cl)CCOCC1. The number of halogens is 2. The molecule has 150 valence electrons. The second kappa shape index (κ2) is 8.57. The summed E-state index contributed by atoms with van der Waals surface area (Å²) < 4.78 is 7.37. The predicted molar refractivity (Wildman–Crippen MR) is 115 cm³/mol. The third-order valence-corrected chi connectivity index (χ3v) is 5.86. The summed E-state index contributed by atoms with van der Waals surface area (Å²) in [4.78, 5) is 13.5. The van der Waals surface area contributed by atoms with Crippen molar-refractivity contribution in [3.63, 3.8) is 0 Å². The van der Waals surface area contributed by atoms with E-state index in [1.54, 1.807) is 18.3 Å². The van der Waals surface area contributed by atoms with E-state index in [1.807, 2.05) is 47.3 Å². The highest BCUT2D eigenvalue weighted by Gasteiger charge is 2.43. The van der Waals surface area contributed by atoms with E-state index in [1.165, 1.54) is 0 Å². The summed E-state index contributed by atoms with van der Waals surface area (Å²) in [5, 5.41) is 8.38. The molecule has 1 saturated heterocycles. The summed E-state index contributed by atoms with van der Waals surface area (Å²) in [5.41, 5.74) is 1.84. The smallest absolute Gasteiger partial charge is 0.235 e. The van der Waals surface area contributed by atoms with Crippen LogP contribution in [0.1, 0.15) is 24.0 Å². The van der Waals surface area contributed by atoms with E-state index in [9.17, 15) is 4.79 Å². The summed E-state index contributed by atoms with van der Waals surface area (Å²) in [5.74, 6) is -0.0822. The molecule has 4 rings (SSSR count). The predicted octanol–water partition coefficient (Wildman–Crippen LogP) is 4.93. The monoisotopic (exact) mass is 429 g/mol. The molecule has 1 aliphatic heterocycles. The van der Waals surface area contributed by atoms with Crippen LogP contribution in [0.4, 0.5) is 5.69 Å². The summed E-state index contributed by atoms with van der Waals surface area (Å²) in [6, 6.07) is 15.0. The van der Waals surface area contributed by atoms with E-state index < -0.39 is 5.41 Å². The maximum Gasteiger partial charge on any atom is 0.235 e. The first kappa shape index (κ1) is 20.0. The zero-order chi connectivity index (χ0) is 20.3. The van der Waals surface area contributed by atoms with Crippen molar-refractivity contribution in [1.82, 2.24) is 9.78 Å². The average Bonchev–Trinajstić information content (AvgIpc) is 3.22. The zero-order valence-corrected chi connectivity index (χ0v) is 17.3. The minimum Gasteiger partial charge on any atom is -0.381 e. The molecule has 3 aromatic rings. The Balaban J connectivity index is 1.60. The number of benzene rings is 2. The van der Waals surface area contributed by atoms with Crippen LogP contribution in [-0.4, -0.2) is 28.9 Å². The van der Waals surface area contributed by atoms with Crippen molar-refractivity contribution in [2.75, 3.05) is 18.5 Å². The fourth-order valence-electron chi connectivity index (χ4n) is 3.80. The minimum absolute atomic E-state index is 0.0822. The molecule has 0 aliphatic carbocycles. The number of nitrogens with one attached hydrogen (secondary N) is 1. The van der Waals surface area contributed by atoms with Gasteiger partial charge in [-0.2, -0.15) is 5.10 Å². The van der Waals surface area contributed by atoms with Gasteiger partial charge in [0.25, 0.3) is 0 Å². The van der Waals surface area contributed by atoms with Gasteiger partial charge in [-0.3, -0.25) is 9.48 Å². The molecule has 1 aromatic heterocycles. The molecule has 5 nitrogen and oxygen atoms in total. The van der Waals surface area contributed by atoms with Gasteiger partial charge in [-0.15, -0.1) is 0 Å². The second-order valence-electron chi connectivity index (χ2n) is 7.18. The highest BCUT2D eigenvalue weighted by molar-refractivity contribution is 6.35. The molecule has 2 heterocycles. The number of hydrogen-bond donors (Lipinski definition) is 1. The van der Waals surface area contributed by atoms with Crippen LogP contribution in [0.2, 0.25) is 10.0 Å². The number of aromatic nitrogens is 2. The molecule has 1 aliphatic rings. The van der Waals surface area contributed by atoms with Crippen LogP contribution in [0.3, 0.4) is 0 Å². The topological polar surface area (TPSA) is 56.2 Å². The summed E-state index contributed by atoms with van der Waals surface area (Å²) in [6.45, 7) is 1.65. The van der Waals surface area contributed by atoms with Crippen LogP contribution in [0.25, 0.3) is 0 Å². The molecule has 0 saturated carbocycles. The number of carbonyl (C=O) groups is 1. The third-order valence-electron chi connectivity index (χ3n) is 5.32. The van der Waals surface area contributed by atoms with Gasteiger partial charge in [-0.1, -0.05) is 41.4 Å². The van der Waals surface area contributed by atoms with Crippen LogP contribution in [0.5, 0.6) is 0 Å². The average molecular weight is 430 g/mol. The number of carbonyl (C=O) groups excluding carboxylic acids is 1. The molecule has 1 fully saturated rings. The van der Waals surface area contributed by atoms with Crippen molar-refractivity contribution in [3.8, 4) is 0 Å². The van der Waals surface area contributed by atoms with Crippen molar-refractivity contribution < 1.29 is 9.53 Å². The lowest BCUT2D eigenvalue weighted by molar-refractivity contribution is -0.125. The number of nitrogens with zero attached hydrogens (tertiary/aromatic N) is 2. The van der Waals surface area contributed by atoms with Gasteiger partial charge in [-0.05, 0) is 54.3 Å². The normalized spacial score (nSPS) is 15.8. The fraction of sp³-hybridized carbons (Fsp3) is 0.273. The Morgan fingerprint density at radius 2 is 1.97 bits per heavy atom. The maximum atomic E-state index is 13.5. The van der Waals surface area contributed by atoms with Gasteiger partial charge in [0.1, 0.15) is 0 Å². The van der Waals surface area contributed by atoms with Crippen molar-refractivity contribution in [2.24, 2.45) is 0 Å². The number of rotatable bonds is 5. The summed E-state index contributed by atoms with van der Waals surface area (Å²) >= 11 is 12.6. The standard InChI is InChI=1S/C22H21Cl2N3O2/c23-17-5-6-19(20(24)14-17)22(7-11-29-12-8-22)21(28)26-18-4-1-3-16(13-18)15-27-10-2-9-25-27/h1-6,9-10,13-14H,7-8,11-12,15H2,(H,26,28). The summed E-state index contributed by atoms with van der Waals surface area (Å²) in [7, 11) is 0. The molecule has 7 heteroatoms. The highest BCUT2D eigenvalue weighted by Crippen LogP contribution is 2.40. The third kappa shape index (κ3) is 4.32. The molecule has 1 amide bonds. The Bertz CT molecular complexity index is 999. The number of anilines is 1. The van der Waals surface area contributed by atoms with Crippen molar-refractivity contribution in [1.29, 1.82) is 0 Å². The van der Waals surface area contributed by atoms with Gasteiger partial charge >= 0.3 is 0 Å². The number of ether oxygens (including phenoxy) is 1. The fourth-order valence-corrected chi connectivity index (χ4v) is 4.38. The first-order valence-electron chi connectivity index (χ1n) is 9.48. The Labute approximate surface area is 179 Å². The van der Waals surface area contributed by atoms with Crippen molar-refractivity contribution >= 4 is 34.8 Å². The number of amides is 1. The second-order valence-corrected chi connectivity index (χ2v) is 8.02. The molecule has 0 bridgehead atoms. The maximum absolute atomic E-state index is 13.5. The largest absolute Gasteiger partial charge is 0.381 e. The van der Waals surface area contributed by atoms with Crippen LogP contribution in [-0.2, 0) is 21.5 Å². The van der Waals surface area contributed by atoms with Gasteiger partial charge in [0.2, 0.25) is 5.91 Å². The Kier molecular flexibility index (Phi) is 5.90. The number of hydrogen-bond acceptors (Lipinski definition) is 3. The van der Waals surface area contributed by atoms with Crippen LogP contribution >= 0.6 is 23.2 Å². The zero-order valence-electron chi connectivity index (χ0n) is 15.8. The molecule has 0 atom stereocenters. The molecular weight excluding hydrogens is 409 g/mol. The van der Waals surface area contributed by atoms with E-state index in [0.29, 0.717) is 42.6 Å². The molecule has 1 N–H and O–H groups in total. The summed E-state index contributed by atoms with van der Waals surface area (Å²) in [6.07, 6.45) is 4.78. The van der Waals surface area contributed by atoms with Gasteiger partial charge in [0, 0.05) is 41.3 Å². The lowest BCUT2D eigenvalue weighted by Gasteiger charge is -2.36. The van der Waals surface area contributed by atoms with E-state index in [0.717, 1.165) is 16.8 Å². The van der Waals surface area contributed by atoms with E-state index in [4.69, 9.17) is 27.9 Å². The van der Waals surface area contributed by atoms with Gasteiger partial charge in [0.15, 0.2) is 0 Å². The van der Waals surface area contributed by atoms with Gasteiger partial charge in [-0.25, -0.2) is 0 Å². The highest BCUT2D eigenvalue weighted by atomic mass is 35.5. The Morgan fingerprint density at radius 3 is 2.69 bits per heavy atom. The van der Waals surface area contributed by atoms with Crippen LogP contribution < -0.4 is 5.32 Å². The van der Waals surface area contributed by atoms with E-state index in [2.05, 4.69) is 10.4 Å². The van der Waals surface area contributed by atoms with Gasteiger partial charge in [0.05, 0.1) is 12.0 Å². The molecule has 0 unspecified atom stereocenters.